The lowest BCUT2D eigenvalue weighted by Gasteiger charge is -2.08. The fourth-order valence-corrected chi connectivity index (χ4v) is 3.42. The van der Waals surface area contributed by atoms with Gasteiger partial charge in [-0.05, 0) is 47.2 Å². The summed E-state index contributed by atoms with van der Waals surface area (Å²) in [7, 11) is 0. The van der Waals surface area contributed by atoms with Gasteiger partial charge in [-0.1, -0.05) is 48.0 Å². The lowest BCUT2D eigenvalue weighted by Crippen LogP contribution is -2.18. The number of carbonyl (C=O) groups excluding carboxylic acids is 2. The molecular weight excluding hydrogens is 458 g/mol. The fraction of sp³-hybridized carbons (Fsp3) is 0. The standard InChI is InChI=1S/C25H16ClN3O5/c26-19-10-13-23(34-25(31)17-8-11-20(12-9-17)29(32)33)18(14-19)15-27-28-24(30)22-7-3-5-16-4-1-2-6-21(16)22/h1-15H,(H,28,30)/b27-15+. The molecule has 4 aromatic carbocycles. The third-order valence-corrected chi connectivity index (χ3v) is 5.13. The summed E-state index contributed by atoms with van der Waals surface area (Å²) in [4.78, 5) is 35.4. The molecule has 8 nitrogen and oxygen atoms in total. The van der Waals surface area contributed by atoms with E-state index in [2.05, 4.69) is 10.5 Å². The van der Waals surface area contributed by atoms with E-state index in [1.165, 1.54) is 48.7 Å². The average molecular weight is 474 g/mol. The Morgan fingerprint density at radius 1 is 0.971 bits per heavy atom. The molecule has 34 heavy (non-hydrogen) atoms. The van der Waals surface area contributed by atoms with Gasteiger partial charge in [0.2, 0.25) is 0 Å². The smallest absolute Gasteiger partial charge is 0.343 e. The van der Waals surface area contributed by atoms with Crippen molar-refractivity contribution in [3.63, 3.8) is 0 Å². The number of carbonyl (C=O) groups is 2. The van der Waals surface area contributed by atoms with Crippen LogP contribution in [0, 0.1) is 10.1 Å². The Hall–Kier alpha value is -4.56. The summed E-state index contributed by atoms with van der Waals surface area (Å²) in [6.07, 6.45) is 1.31. The predicted octanol–water partition coefficient (Wildman–Crippen LogP) is 5.38. The fourth-order valence-electron chi connectivity index (χ4n) is 3.24. The van der Waals surface area contributed by atoms with Crippen molar-refractivity contribution >= 4 is 46.2 Å². The lowest BCUT2D eigenvalue weighted by molar-refractivity contribution is -0.384. The van der Waals surface area contributed by atoms with Gasteiger partial charge < -0.3 is 4.74 Å². The van der Waals surface area contributed by atoms with Crippen LogP contribution < -0.4 is 10.2 Å². The molecule has 0 aliphatic heterocycles. The van der Waals surface area contributed by atoms with E-state index in [1.54, 1.807) is 12.1 Å². The molecule has 0 heterocycles. The van der Waals surface area contributed by atoms with Gasteiger partial charge in [-0.3, -0.25) is 14.9 Å². The Kier molecular flexibility index (Phi) is 6.61. The van der Waals surface area contributed by atoms with Crippen LogP contribution >= 0.6 is 11.6 Å². The van der Waals surface area contributed by atoms with Gasteiger partial charge in [-0.2, -0.15) is 5.10 Å². The van der Waals surface area contributed by atoms with Crippen LogP contribution in [-0.4, -0.2) is 23.0 Å². The zero-order valence-corrected chi connectivity index (χ0v) is 18.2. The normalized spacial score (nSPS) is 10.9. The number of hydrogen-bond donors (Lipinski definition) is 1. The average Bonchev–Trinajstić information content (AvgIpc) is 2.85. The summed E-state index contributed by atoms with van der Waals surface area (Å²) in [6.45, 7) is 0. The SMILES string of the molecule is O=C(Oc1ccc(Cl)cc1/C=N/NC(=O)c1cccc2ccccc12)c1ccc([N+](=O)[O-])cc1. The minimum Gasteiger partial charge on any atom is -0.422 e. The molecule has 0 aliphatic rings. The number of amides is 1. The van der Waals surface area contributed by atoms with E-state index in [1.807, 2.05) is 30.3 Å². The summed E-state index contributed by atoms with van der Waals surface area (Å²) in [5.74, 6) is -0.970. The second-order valence-corrected chi connectivity index (χ2v) is 7.54. The van der Waals surface area contributed by atoms with E-state index in [0.29, 0.717) is 16.1 Å². The maximum atomic E-state index is 12.7. The third kappa shape index (κ3) is 5.08. The van der Waals surface area contributed by atoms with Crippen LogP contribution in [0.2, 0.25) is 5.02 Å². The second kappa shape index (κ2) is 9.93. The van der Waals surface area contributed by atoms with Crippen molar-refractivity contribution in [2.45, 2.75) is 0 Å². The minimum atomic E-state index is -0.716. The largest absolute Gasteiger partial charge is 0.422 e. The first-order valence-electron chi connectivity index (χ1n) is 10.00. The zero-order chi connectivity index (χ0) is 24.1. The number of non-ortho nitro benzene ring substituents is 1. The Morgan fingerprint density at radius 3 is 2.47 bits per heavy atom. The van der Waals surface area contributed by atoms with Crippen molar-refractivity contribution in [3.05, 3.63) is 117 Å². The second-order valence-electron chi connectivity index (χ2n) is 7.10. The number of benzene rings is 4. The summed E-state index contributed by atoms with van der Waals surface area (Å²) >= 11 is 6.07. The molecule has 0 aliphatic carbocycles. The van der Waals surface area contributed by atoms with Crippen molar-refractivity contribution in [1.29, 1.82) is 0 Å². The van der Waals surface area contributed by atoms with Crippen molar-refractivity contribution in [2.75, 3.05) is 0 Å². The molecule has 1 N–H and O–H groups in total. The highest BCUT2D eigenvalue weighted by molar-refractivity contribution is 6.31. The van der Waals surface area contributed by atoms with Gasteiger partial charge in [-0.25, -0.2) is 10.2 Å². The summed E-state index contributed by atoms with van der Waals surface area (Å²) < 4.78 is 5.42. The van der Waals surface area contributed by atoms with E-state index < -0.39 is 16.8 Å². The first kappa shape index (κ1) is 22.6. The maximum absolute atomic E-state index is 12.7. The summed E-state index contributed by atoms with van der Waals surface area (Å²) in [6, 6.07) is 22.5. The minimum absolute atomic E-state index is 0.132. The van der Waals surface area contributed by atoms with Crippen molar-refractivity contribution in [1.82, 2.24) is 5.43 Å². The van der Waals surface area contributed by atoms with Crippen molar-refractivity contribution in [2.24, 2.45) is 5.10 Å². The molecule has 168 valence electrons. The van der Waals surface area contributed by atoms with Gasteiger partial charge in [0, 0.05) is 28.3 Å². The van der Waals surface area contributed by atoms with Gasteiger partial charge in [0.25, 0.3) is 11.6 Å². The number of ether oxygens (including phenoxy) is 1. The highest BCUT2D eigenvalue weighted by Gasteiger charge is 2.14. The number of nitrogens with zero attached hydrogens (tertiary/aromatic N) is 2. The van der Waals surface area contributed by atoms with Crippen LogP contribution in [0.3, 0.4) is 0 Å². The number of nitro benzene ring substituents is 1. The molecule has 0 fully saturated rings. The van der Waals surface area contributed by atoms with Crippen LogP contribution in [0.25, 0.3) is 10.8 Å². The molecule has 4 rings (SSSR count). The first-order chi connectivity index (χ1) is 16.4. The maximum Gasteiger partial charge on any atom is 0.343 e. The van der Waals surface area contributed by atoms with Gasteiger partial charge in [0.1, 0.15) is 5.75 Å². The predicted molar refractivity (Wildman–Crippen MR) is 129 cm³/mol. The summed E-state index contributed by atoms with van der Waals surface area (Å²) in [5.41, 5.74) is 3.27. The number of halogens is 1. The van der Waals surface area contributed by atoms with E-state index in [4.69, 9.17) is 16.3 Å². The van der Waals surface area contributed by atoms with E-state index in [0.717, 1.165) is 10.8 Å². The number of hydrazone groups is 1. The third-order valence-electron chi connectivity index (χ3n) is 4.89. The number of hydrogen-bond acceptors (Lipinski definition) is 6. The Balaban J connectivity index is 1.51. The van der Waals surface area contributed by atoms with E-state index in [-0.39, 0.29) is 17.0 Å². The van der Waals surface area contributed by atoms with E-state index in [9.17, 15) is 19.7 Å². The van der Waals surface area contributed by atoms with Crippen molar-refractivity contribution in [3.8, 4) is 5.75 Å². The van der Waals surface area contributed by atoms with Gasteiger partial charge in [-0.15, -0.1) is 0 Å². The van der Waals surface area contributed by atoms with Gasteiger partial charge in [0.15, 0.2) is 0 Å². The topological polar surface area (TPSA) is 111 Å². The monoisotopic (exact) mass is 473 g/mol. The molecule has 0 saturated heterocycles. The van der Waals surface area contributed by atoms with E-state index >= 15 is 0 Å². The summed E-state index contributed by atoms with van der Waals surface area (Å²) in [5, 5.41) is 16.9. The molecular formula is C25H16ClN3O5. The quantitative estimate of drug-likeness (QED) is 0.133. The number of rotatable bonds is 6. The zero-order valence-electron chi connectivity index (χ0n) is 17.5. The molecule has 0 unspecified atom stereocenters. The highest BCUT2D eigenvalue weighted by atomic mass is 35.5. The molecule has 9 heteroatoms. The molecule has 0 saturated carbocycles. The van der Waals surface area contributed by atoms with Crippen molar-refractivity contribution < 1.29 is 19.2 Å². The van der Waals surface area contributed by atoms with Gasteiger partial charge in [0.05, 0.1) is 16.7 Å². The Bertz CT molecular complexity index is 1430. The molecule has 0 atom stereocenters. The van der Waals surface area contributed by atoms with Crippen LogP contribution in [0.4, 0.5) is 5.69 Å². The molecule has 0 bridgehead atoms. The number of nitro groups is 1. The number of nitrogens with one attached hydrogen (secondary N) is 1. The molecule has 1 amide bonds. The highest BCUT2D eigenvalue weighted by Crippen LogP contribution is 2.23. The van der Waals surface area contributed by atoms with Crippen LogP contribution in [0.15, 0.2) is 90.0 Å². The van der Waals surface area contributed by atoms with Gasteiger partial charge >= 0.3 is 5.97 Å². The molecule has 0 aromatic heterocycles. The number of fused-ring (bicyclic) bond motifs is 1. The Labute approximate surface area is 198 Å². The van der Waals surface area contributed by atoms with Crippen LogP contribution in [0.1, 0.15) is 26.3 Å². The first-order valence-corrected chi connectivity index (χ1v) is 10.4. The number of esters is 1. The molecule has 0 radical (unpaired) electrons. The molecule has 0 spiro atoms. The Morgan fingerprint density at radius 2 is 1.71 bits per heavy atom. The van der Waals surface area contributed by atoms with Crippen LogP contribution in [-0.2, 0) is 0 Å². The molecule has 4 aromatic rings. The lowest BCUT2D eigenvalue weighted by atomic mass is 10.0. The van der Waals surface area contributed by atoms with Crippen LogP contribution in [0.5, 0.6) is 5.75 Å².